The van der Waals surface area contributed by atoms with Gasteiger partial charge in [-0.25, -0.2) is 9.78 Å². The number of hydrogen-bond donors (Lipinski definition) is 5. The number of rotatable bonds is 12. The highest BCUT2D eigenvalue weighted by atomic mass is 16.3. The number of carbonyl (C=O) groups is 1. The number of fused-ring (bicyclic) bond motifs is 1. The minimum absolute atomic E-state index is 0.0201. The second-order valence-corrected chi connectivity index (χ2v) is 9.36. The first kappa shape index (κ1) is 24.9. The Kier molecular flexibility index (Phi) is 9.91. The molecule has 2 aliphatic rings. The zero-order valence-corrected chi connectivity index (χ0v) is 19.9. The highest BCUT2D eigenvalue weighted by Gasteiger charge is 2.19. The molecule has 2 amide bonds. The second-order valence-electron chi connectivity index (χ2n) is 9.36. The number of aryl methyl sites for hydroxylation is 2. The quantitative estimate of drug-likeness (QED) is 0.232. The van der Waals surface area contributed by atoms with Gasteiger partial charge in [-0.2, -0.15) is 0 Å². The van der Waals surface area contributed by atoms with Crippen LogP contribution in [-0.2, 0) is 12.8 Å². The Morgan fingerprint density at radius 3 is 2.79 bits per heavy atom. The van der Waals surface area contributed by atoms with Gasteiger partial charge in [0.15, 0.2) is 0 Å². The van der Waals surface area contributed by atoms with E-state index in [0.717, 1.165) is 81.5 Å². The van der Waals surface area contributed by atoms with Crippen LogP contribution in [0.2, 0.25) is 0 Å². The summed E-state index contributed by atoms with van der Waals surface area (Å²) in [5, 5.41) is 22.5. The number of aliphatic hydroxyl groups excluding tert-OH is 1. The van der Waals surface area contributed by atoms with Crippen molar-refractivity contribution in [2.45, 2.75) is 89.1 Å². The lowest BCUT2D eigenvalue weighted by Gasteiger charge is -2.25. The van der Waals surface area contributed by atoms with Crippen LogP contribution in [-0.4, -0.2) is 41.3 Å². The molecule has 1 aliphatic carbocycles. The van der Waals surface area contributed by atoms with E-state index in [-0.39, 0.29) is 17.8 Å². The van der Waals surface area contributed by atoms with Crippen LogP contribution >= 0.6 is 0 Å². The van der Waals surface area contributed by atoms with E-state index < -0.39 is 6.04 Å². The molecule has 2 heterocycles. The topological polar surface area (TPSA) is 98.3 Å². The first-order valence-electron chi connectivity index (χ1n) is 12.6. The fourth-order valence-electron chi connectivity index (χ4n) is 4.59. The summed E-state index contributed by atoms with van der Waals surface area (Å²) >= 11 is 0. The number of aromatic nitrogens is 1. The molecule has 1 aromatic heterocycles. The van der Waals surface area contributed by atoms with Crippen molar-refractivity contribution >= 4 is 11.8 Å². The van der Waals surface area contributed by atoms with Crippen LogP contribution in [0.25, 0.3) is 0 Å². The molecule has 0 radical (unpaired) electrons. The molecule has 3 rings (SSSR count). The third kappa shape index (κ3) is 8.63. The van der Waals surface area contributed by atoms with Crippen LogP contribution in [0.1, 0.15) is 75.5 Å². The zero-order valence-electron chi connectivity index (χ0n) is 19.9. The minimum atomic E-state index is -0.474. The van der Waals surface area contributed by atoms with Gasteiger partial charge < -0.3 is 26.4 Å². The average molecular weight is 456 g/mol. The molecule has 0 aromatic carbocycles. The molecule has 1 aliphatic heterocycles. The lowest BCUT2D eigenvalue weighted by molar-refractivity contribution is 0.225. The summed E-state index contributed by atoms with van der Waals surface area (Å²) < 4.78 is 0. The minimum Gasteiger partial charge on any atom is -0.511 e. The van der Waals surface area contributed by atoms with E-state index in [2.05, 4.69) is 46.6 Å². The molecule has 0 bridgehead atoms. The summed E-state index contributed by atoms with van der Waals surface area (Å²) in [6.45, 7) is 9.37. The van der Waals surface area contributed by atoms with Crippen LogP contribution in [0, 0.1) is 0 Å². The summed E-state index contributed by atoms with van der Waals surface area (Å²) in [5.74, 6) is 1.04. The maximum absolute atomic E-state index is 12.3. The van der Waals surface area contributed by atoms with Crippen molar-refractivity contribution < 1.29 is 9.90 Å². The highest BCUT2D eigenvalue weighted by molar-refractivity contribution is 5.74. The van der Waals surface area contributed by atoms with Crippen molar-refractivity contribution in [1.29, 1.82) is 0 Å². The van der Waals surface area contributed by atoms with Gasteiger partial charge in [-0.3, -0.25) is 0 Å². The Morgan fingerprint density at radius 2 is 2.00 bits per heavy atom. The maximum atomic E-state index is 12.3. The van der Waals surface area contributed by atoms with Gasteiger partial charge in [0.05, 0.1) is 6.04 Å². The van der Waals surface area contributed by atoms with Gasteiger partial charge in [-0.15, -0.1) is 0 Å². The highest BCUT2D eigenvalue weighted by Crippen LogP contribution is 2.20. The number of nitrogens with zero attached hydrogens (tertiary/aromatic N) is 1. The Labute approximate surface area is 198 Å². The van der Waals surface area contributed by atoms with Crippen molar-refractivity contribution in [3.63, 3.8) is 0 Å². The number of hydrogen-bond acceptors (Lipinski definition) is 5. The van der Waals surface area contributed by atoms with Crippen molar-refractivity contribution in [3.8, 4) is 0 Å². The van der Waals surface area contributed by atoms with Crippen LogP contribution in [0.15, 0.2) is 36.7 Å². The summed E-state index contributed by atoms with van der Waals surface area (Å²) in [5.41, 5.74) is 3.44. The molecule has 1 saturated carbocycles. The fourth-order valence-corrected chi connectivity index (χ4v) is 4.59. The molecular weight excluding hydrogens is 414 g/mol. The van der Waals surface area contributed by atoms with Crippen molar-refractivity contribution in [1.82, 2.24) is 20.9 Å². The van der Waals surface area contributed by atoms with Crippen LogP contribution in [0.5, 0.6) is 0 Å². The third-order valence-corrected chi connectivity index (χ3v) is 6.57. The van der Waals surface area contributed by atoms with E-state index in [0.29, 0.717) is 13.0 Å². The van der Waals surface area contributed by atoms with E-state index in [1.807, 2.05) is 0 Å². The molecule has 0 spiro atoms. The molecule has 1 fully saturated rings. The lowest BCUT2D eigenvalue weighted by Crippen LogP contribution is -2.48. The van der Waals surface area contributed by atoms with E-state index in [4.69, 9.17) is 4.98 Å². The predicted molar refractivity (Wildman–Crippen MR) is 134 cm³/mol. The summed E-state index contributed by atoms with van der Waals surface area (Å²) in [4.78, 5) is 17.0. The molecule has 1 unspecified atom stereocenters. The molecular formula is C26H41N5O2. The van der Waals surface area contributed by atoms with Crippen molar-refractivity contribution in [2.24, 2.45) is 0 Å². The van der Waals surface area contributed by atoms with Gasteiger partial charge in [0.25, 0.3) is 0 Å². The Balaban J connectivity index is 1.29. The maximum Gasteiger partial charge on any atom is 0.315 e. The first-order valence-corrected chi connectivity index (χ1v) is 12.6. The monoisotopic (exact) mass is 455 g/mol. The van der Waals surface area contributed by atoms with Gasteiger partial charge in [-0.05, 0) is 69.4 Å². The molecule has 7 nitrogen and oxygen atoms in total. The molecule has 1 atom stereocenters. The number of unbranched alkanes of at least 4 members (excludes halogenated alkanes) is 1. The first-order chi connectivity index (χ1) is 16.0. The standard InChI is InChI=1S/C26H41N5O2/c1-19(9-6-7-13-23-15-14-21-10-8-17-28-25(21)29-23)27-18-16-24(20(2)32)31-26(33)30-22-11-4-3-5-12-22/h14-15,22,24,27,32H,1-13,16-18H2,(H,28,29)(H2,30,31,33). The largest absolute Gasteiger partial charge is 0.511 e. The van der Waals surface area contributed by atoms with E-state index >= 15 is 0 Å². The summed E-state index contributed by atoms with van der Waals surface area (Å²) in [7, 11) is 0. The molecule has 7 heteroatoms. The van der Waals surface area contributed by atoms with Gasteiger partial charge in [0.1, 0.15) is 11.6 Å². The number of nitrogens with one attached hydrogen (secondary N) is 4. The summed E-state index contributed by atoms with van der Waals surface area (Å²) in [6.07, 6.45) is 12.4. The number of allylic oxidation sites excluding steroid dienone is 1. The van der Waals surface area contributed by atoms with E-state index in [1.165, 1.54) is 18.4 Å². The number of carbonyl (C=O) groups excluding carboxylic acids is 1. The Bertz CT molecular complexity index is 804. The normalized spacial score (nSPS) is 16.7. The molecule has 1 aromatic rings. The zero-order chi connectivity index (χ0) is 23.5. The number of urea groups is 1. The van der Waals surface area contributed by atoms with Gasteiger partial charge in [0, 0.05) is 30.5 Å². The Hall–Kier alpha value is -2.70. The lowest BCUT2D eigenvalue weighted by atomic mass is 9.96. The third-order valence-electron chi connectivity index (χ3n) is 6.57. The Morgan fingerprint density at radius 1 is 1.18 bits per heavy atom. The fraction of sp³-hybridized carbons (Fsp3) is 0.615. The van der Waals surface area contributed by atoms with Crippen LogP contribution in [0.3, 0.4) is 0 Å². The number of aliphatic hydroxyl groups is 1. The van der Waals surface area contributed by atoms with Gasteiger partial charge in [-0.1, -0.05) is 38.5 Å². The second kappa shape index (κ2) is 13.1. The van der Waals surface area contributed by atoms with Gasteiger partial charge in [0.2, 0.25) is 0 Å². The smallest absolute Gasteiger partial charge is 0.315 e. The van der Waals surface area contributed by atoms with Crippen LogP contribution < -0.4 is 21.3 Å². The van der Waals surface area contributed by atoms with E-state index in [1.54, 1.807) is 0 Å². The number of anilines is 1. The number of pyridine rings is 1. The number of amides is 2. The molecule has 0 saturated heterocycles. The van der Waals surface area contributed by atoms with Crippen LogP contribution in [0.4, 0.5) is 10.6 Å². The SMILES string of the molecule is C=C(CCCCc1ccc2c(n1)NCCC2)NCCC(NC(=O)NC1CCCCC1)C(=C)O. The van der Waals surface area contributed by atoms with Crippen molar-refractivity contribution in [2.75, 3.05) is 18.4 Å². The predicted octanol–water partition coefficient (Wildman–Crippen LogP) is 4.72. The molecule has 5 N–H and O–H groups in total. The summed E-state index contributed by atoms with van der Waals surface area (Å²) in [6, 6.07) is 3.89. The van der Waals surface area contributed by atoms with Gasteiger partial charge >= 0.3 is 6.03 Å². The van der Waals surface area contributed by atoms with E-state index in [9.17, 15) is 9.90 Å². The molecule has 182 valence electrons. The average Bonchev–Trinajstić information content (AvgIpc) is 2.81. The van der Waals surface area contributed by atoms with Crippen molar-refractivity contribution in [3.05, 3.63) is 48.0 Å². The molecule has 33 heavy (non-hydrogen) atoms.